The van der Waals surface area contributed by atoms with Crippen LogP contribution in [-0.2, 0) is 11.3 Å². The molecule has 116 valence electrons. The molecule has 1 fully saturated rings. The van der Waals surface area contributed by atoms with Crippen LogP contribution in [0.4, 0.5) is 0 Å². The topological polar surface area (TPSA) is 46.9 Å². The van der Waals surface area contributed by atoms with Crippen LogP contribution in [0.25, 0.3) is 0 Å². The quantitative estimate of drug-likeness (QED) is 0.852. The smallest absolute Gasteiger partial charge is 0.220 e. The first kappa shape index (κ1) is 14.8. The summed E-state index contributed by atoms with van der Waals surface area (Å²) >= 11 is 0. The highest BCUT2D eigenvalue weighted by molar-refractivity contribution is 5.76. The molecule has 1 saturated carbocycles. The lowest BCUT2D eigenvalue weighted by molar-refractivity contribution is -0.122. The third-order valence-electron chi connectivity index (χ3n) is 4.55. The molecule has 0 unspecified atom stereocenters. The van der Waals surface area contributed by atoms with Gasteiger partial charge in [-0.2, -0.15) is 0 Å². The second-order valence-corrected chi connectivity index (χ2v) is 6.60. The van der Waals surface area contributed by atoms with Crippen molar-refractivity contribution in [3.8, 4) is 0 Å². The Morgan fingerprint density at radius 2 is 2.14 bits per heavy atom. The van der Waals surface area contributed by atoms with Crippen LogP contribution in [0.2, 0.25) is 0 Å². The molecule has 0 aliphatic heterocycles. The summed E-state index contributed by atoms with van der Waals surface area (Å²) in [4.78, 5) is 16.4. The first-order valence-electron chi connectivity index (χ1n) is 7.95. The molecule has 4 heteroatoms. The van der Waals surface area contributed by atoms with Crippen LogP contribution in [-0.4, -0.2) is 15.5 Å². The number of amides is 1. The standard InChI is InChI=1S/C18H23N3O/c1-18(9-10-18)8-7-17(22)20-16(13-21-12-11-19-14-21)15-5-3-2-4-6-15/h2-6,11-12,14,16H,7-10,13H2,1H3,(H,20,22)/t16-/m0/s1. The normalized spacial score (nSPS) is 17.0. The second kappa shape index (κ2) is 6.34. The number of aromatic nitrogens is 2. The van der Waals surface area contributed by atoms with E-state index in [-0.39, 0.29) is 11.9 Å². The van der Waals surface area contributed by atoms with Crippen LogP contribution >= 0.6 is 0 Å². The van der Waals surface area contributed by atoms with Gasteiger partial charge in [0.2, 0.25) is 5.91 Å². The van der Waals surface area contributed by atoms with Crippen molar-refractivity contribution < 1.29 is 4.79 Å². The third kappa shape index (κ3) is 3.97. The lowest BCUT2D eigenvalue weighted by atomic mass is 10.0. The lowest BCUT2D eigenvalue weighted by Gasteiger charge is -2.20. The SMILES string of the molecule is CC1(CCC(=O)N[C@@H](Cn2ccnc2)c2ccccc2)CC1. The van der Waals surface area contributed by atoms with Crippen molar-refractivity contribution in [1.29, 1.82) is 0 Å². The highest BCUT2D eigenvalue weighted by Gasteiger charge is 2.37. The molecule has 1 heterocycles. The molecular weight excluding hydrogens is 274 g/mol. The van der Waals surface area contributed by atoms with E-state index in [2.05, 4.69) is 29.4 Å². The summed E-state index contributed by atoms with van der Waals surface area (Å²) in [5.41, 5.74) is 1.55. The fourth-order valence-electron chi connectivity index (χ4n) is 2.67. The number of hydrogen-bond acceptors (Lipinski definition) is 2. The molecule has 1 aliphatic rings. The maximum atomic E-state index is 12.3. The van der Waals surface area contributed by atoms with E-state index in [1.54, 1.807) is 12.5 Å². The Hall–Kier alpha value is -2.10. The predicted molar refractivity (Wildman–Crippen MR) is 86.1 cm³/mol. The molecule has 1 N–H and O–H groups in total. The van der Waals surface area contributed by atoms with Gasteiger partial charge >= 0.3 is 0 Å². The number of nitrogens with one attached hydrogen (secondary N) is 1. The van der Waals surface area contributed by atoms with Crippen LogP contribution < -0.4 is 5.32 Å². The molecule has 0 bridgehead atoms. The minimum Gasteiger partial charge on any atom is -0.347 e. The Balaban J connectivity index is 1.64. The van der Waals surface area contributed by atoms with E-state index in [9.17, 15) is 4.79 Å². The van der Waals surface area contributed by atoms with Crippen LogP contribution in [0.15, 0.2) is 49.1 Å². The van der Waals surface area contributed by atoms with Crippen LogP contribution in [0.5, 0.6) is 0 Å². The first-order valence-corrected chi connectivity index (χ1v) is 7.95. The van der Waals surface area contributed by atoms with Gasteiger partial charge in [0.1, 0.15) is 0 Å². The number of rotatable bonds is 7. The maximum Gasteiger partial charge on any atom is 0.220 e. The molecule has 22 heavy (non-hydrogen) atoms. The second-order valence-electron chi connectivity index (χ2n) is 6.60. The Labute approximate surface area is 131 Å². The summed E-state index contributed by atoms with van der Waals surface area (Å²) in [6.45, 7) is 2.97. The van der Waals surface area contributed by atoms with Gasteiger partial charge in [0, 0.05) is 25.4 Å². The highest BCUT2D eigenvalue weighted by Crippen LogP contribution is 2.48. The molecule has 1 aromatic heterocycles. The lowest BCUT2D eigenvalue weighted by Crippen LogP contribution is -2.31. The number of imidazole rings is 1. The zero-order chi connectivity index (χ0) is 15.4. The number of carbonyl (C=O) groups excluding carboxylic acids is 1. The monoisotopic (exact) mass is 297 g/mol. The molecule has 0 saturated heterocycles. The Morgan fingerprint density at radius 3 is 2.77 bits per heavy atom. The van der Waals surface area contributed by atoms with E-state index >= 15 is 0 Å². The summed E-state index contributed by atoms with van der Waals surface area (Å²) in [6.07, 6.45) is 9.60. The number of carbonyl (C=O) groups is 1. The molecule has 1 aromatic carbocycles. The molecule has 1 atom stereocenters. The van der Waals surface area contributed by atoms with E-state index in [1.807, 2.05) is 29.0 Å². The highest BCUT2D eigenvalue weighted by atomic mass is 16.1. The number of benzene rings is 1. The fraction of sp³-hybridized carbons (Fsp3) is 0.444. The van der Waals surface area contributed by atoms with E-state index in [0.29, 0.717) is 18.4 Å². The number of nitrogens with zero attached hydrogens (tertiary/aromatic N) is 2. The minimum atomic E-state index is -0.0186. The van der Waals surface area contributed by atoms with Crippen LogP contribution in [0.3, 0.4) is 0 Å². The van der Waals surface area contributed by atoms with Gasteiger partial charge in [0.25, 0.3) is 0 Å². The molecule has 0 spiro atoms. The largest absolute Gasteiger partial charge is 0.347 e. The molecular formula is C18H23N3O. The van der Waals surface area contributed by atoms with Gasteiger partial charge in [-0.1, -0.05) is 37.3 Å². The van der Waals surface area contributed by atoms with Gasteiger partial charge in [-0.3, -0.25) is 4.79 Å². The van der Waals surface area contributed by atoms with Crippen molar-refractivity contribution in [1.82, 2.24) is 14.9 Å². The first-order chi connectivity index (χ1) is 10.6. The summed E-state index contributed by atoms with van der Waals surface area (Å²) in [5, 5.41) is 3.18. The van der Waals surface area contributed by atoms with Crippen molar-refractivity contribution in [2.24, 2.45) is 5.41 Å². The molecule has 4 nitrogen and oxygen atoms in total. The van der Waals surface area contributed by atoms with Crippen molar-refractivity contribution in [3.63, 3.8) is 0 Å². The van der Waals surface area contributed by atoms with E-state index in [1.165, 1.54) is 12.8 Å². The Kier molecular flexibility index (Phi) is 4.27. The Bertz CT molecular complexity index is 603. The third-order valence-corrected chi connectivity index (χ3v) is 4.55. The molecule has 1 amide bonds. The fourth-order valence-corrected chi connectivity index (χ4v) is 2.67. The maximum absolute atomic E-state index is 12.3. The van der Waals surface area contributed by atoms with Crippen molar-refractivity contribution in [2.75, 3.05) is 0 Å². The zero-order valence-electron chi connectivity index (χ0n) is 13.0. The molecule has 1 aliphatic carbocycles. The summed E-state index contributed by atoms with van der Waals surface area (Å²) in [5.74, 6) is 0.141. The van der Waals surface area contributed by atoms with Crippen LogP contribution in [0.1, 0.15) is 44.2 Å². The predicted octanol–water partition coefficient (Wildman–Crippen LogP) is 3.32. The minimum absolute atomic E-state index is 0.0186. The van der Waals surface area contributed by atoms with E-state index in [0.717, 1.165) is 12.0 Å². The molecule has 0 radical (unpaired) electrons. The average molecular weight is 297 g/mol. The zero-order valence-corrected chi connectivity index (χ0v) is 13.0. The van der Waals surface area contributed by atoms with Gasteiger partial charge in [-0.25, -0.2) is 4.98 Å². The van der Waals surface area contributed by atoms with E-state index < -0.39 is 0 Å². The van der Waals surface area contributed by atoms with Gasteiger partial charge in [-0.05, 0) is 30.2 Å². The number of hydrogen-bond donors (Lipinski definition) is 1. The van der Waals surface area contributed by atoms with Crippen molar-refractivity contribution >= 4 is 5.91 Å². The molecule has 2 aromatic rings. The van der Waals surface area contributed by atoms with Crippen molar-refractivity contribution in [3.05, 3.63) is 54.6 Å². The average Bonchev–Trinajstić information content (AvgIpc) is 3.05. The molecule has 3 rings (SSSR count). The van der Waals surface area contributed by atoms with Gasteiger partial charge in [0.15, 0.2) is 0 Å². The van der Waals surface area contributed by atoms with Crippen LogP contribution in [0, 0.1) is 5.41 Å². The van der Waals surface area contributed by atoms with Gasteiger partial charge < -0.3 is 9.88 Å². The Morgan fingerprint density at radius 1 is 1.36 bits per heavy atom. The van der Waals surface area contributed by atoms with E-state index in [4.69, 9.17) is 0 Å². The van der Waals surface area contributed by atoms with Gasteiger partial charge in [-0.15, -0.1) is 0 Å². The summed E-state index contributed by atoms with van der Waals surface area (Å²) < 4.78 is 2.00. The van der Waals surface area contributed by atoms with Gasteiger partial charge in [0.05, 0.1) is 12.4 Å². The summed E-state index contributed by atoms with van der Waals surface area (Å²) in [6, 6.07) is 10.1. The summed E-state index contributed by atoms with van der Waals surface area (Å²) in [7, 11) is 0. The van der Waals surface area contributed by atoms with Crippen molar-refractivity contribution in [2.45, 2.75) is 45.2 Å².